The Kier molecular flexibility index (Phi) is 3.45. The van der Waals surface area contributed by atoms with E-state index < -0.39 is 0 Å². The van der Waals surface area contributed by atoms with Crippen LogP contribution in [0.4, 0.5) is 0 Å². The van der Waals surface area contributed by atoms with Gasteiger partial charge in [-0.2, -0.15) is 0 Å². The number of rotatable bonds is 2. The van der Waals surface area contributed by atoms with Crippen molar-refractivity contribution >= 4 is 0 Å². The maximum Gasteiger partial charge on any atom is 0.0893 e. The van der Waals surface area contributed by atoms with Crippen molar-refractivity contribution in [1.82, 2.24) is 0 Å². The van der Waals surface area contributed by atoms with Crippen LogP contribution in [0.15, 0.2) is 42.5 Å². The third-order valence-electron chi connectivity index (χ3n) is 3.39. The van der Waals surface area contributed by atoms with Crippen LogP contribution in [0, 0.1) is 5.92 Å². The standard InChI is InChI=1S/C15H20O/c1-11(2)14-10-9-12(3)16-15(14)13-7-5-4-6-8-13/h4-8,12,14-15H,1,9-10H2,2-3H3/t12-,14+,15-/m0/s1. The summed E-state index contributed by atoms with van der Waals surface area (Å²) >= 11 is 0. The van der Waals surface area contributed by atoms with Gasteiger partial charge in [0.25, 0.3) is 0 Å². The fourth-order valence-electron chi connectivity index (χ4n) is 2.44. The van der Waals surface area contributed by atoms with Gasteiger partial charge >= 0.3 is 0 Å². The summed E-state index contributed by atoms with van der Waals surface area (Å²) in [5.74, 6) is 0.471. The highest BCUT2D eigenvalue weighted by Crippen LogP contribution is 2.39. The summed E-state index contributed by atoms with van der Waals surface area (Å²) in [6.07, 6.45) is 2.89. The lowest BCUT2D eigenvalue weighted by atomic mass is 9.83. The molecule has 0 N–H and O–H groups in total. The van der Waals surface area contributed by atoms with Gasteiger partial charge in [-0.1, -0.05) is 42.5 Å². The van der Waals surface area contributed by atoms with Crippen molar-refractivity contribution in [3.05, 3.63) is 48.0 Å². The molecule has 0 spiro atoms. The maximum atomic E-state index is 6.09. The summed E-state index contributed by atoms with van der Waals surface area (Å²) in [5, 5.41) is 0. The van der Waals surface area contributed by atoms with E-state index in [0.717, 1.165) is 6.42 Å². The van der Waals surface area contributed by atoms with Crippen LogP contribution in [0.25, 0.3) is 0 Å². The predicted molar refractivity (Wildman–Crippen MR) is 67.3 cm³/mol. The minimum absolute atomic E-state index is 0.197. The monoisotopic (exact) mass is 216 g/mol. The Morgan fingerprint density at radius 1 is 1.25 bits per heavy atom. The summed E-state index contributed by atoms with van der Waals surface area (Å²) < 4.78 is 6.09. The number of hydrogen-bond acceptors (Lipinski definition) is 1. The minimum atomic E-state index is 0.197. The molecule has 1 heteroatoms. The van der Waals surface area contributed by atoms with Crippen LogP contribution in [0.3, 0.4) is 0 Å². The van der Waals surface area contributed by atoms with Gasteiger partial charge in [0.2, 0.25) is 0 Å². The SMILES string of the molecule is C=C(C)[C@H]1CC[C@H](C)O[C@H]1c1ccccc1. The maximum absolute atomic E-state index is 6.09. The summed E-state index contributed by atoms with van der Waals surface area (Å²) in [7, 11) is 0. The second-order valence-corrected chi connectivity index (χ2v) is 4.81. The van der Waals surface area contributed by atoms with Gasteiger partial charge in [0.1, 0.15) is 0 Å². The number of ether oxygens (including phenoxy) is 1. The first-order valence-corrected chi connectivity index (χ1v) is 6.04. The minimum Gasteiger partial charge on any atom is -0.370 e. The van der Waals surface area contributed by atoms with Crippen molar-refractivity contribution in [2.45, 2.75) is 38.9 Å². The van der Waals surface area contributed by atoms with Gasteiger partial charge in [-0.3, -0.25) is 0 Å². The molecule has 1 saturated heterocycles. The highest BCUT2D eigenvalue weighted by atomic mass is 16.5. The van der Waals surface area contributed by atoms with Gasteiger partial charge in [0.15, 0.2) is 0 Å². The van der Waals surface area contributed by atoms with Gasteiger partial charge < -0.3 is 4.74 Å². The lowest BCUT2D eigenvalue weighted by Gasteiger charge is -2.36. The average molecular weight is 216 g/mol. The molecule has 0 aliphatic carbocycles. The van der Waals surface area contributed by atoms with E-state index in [2.05, 4.69) is 44.7 Å². The van der Waals surface area contributed by atoms with Crippen molar-refractivity contribution in [3.63, 3.8) is 0 Å². The molecule has 1 aliphatic rings. The summed E-state index contributed by atoms with van der Waals surface area (Å²) in [6.45, 7) is 8.37. The van der Waals surface area contributed by atoms with Crippen molar-refractivity contribution in [1.29, 1.82) is 0 Å². The molecule has 0 bridgehead atoms. The normalized spacial score (nSPS) is 30.0. The van der Waals surface area contributed by atoms with Crippen LogP contribution in [0.5, 0.6) is 0 Å². The Morgan fingerprint density at radius 3 is 2.56 bits per heavy atom. The summed E-state index contributed by atoms with van der Waals surface area (Å²) in [6, 6.07) is 10.5. The molecule has 0 radical (unpaired) electrons. The zero-order chi connectivity index (χ0) is 11.5. The van der Waals surface area contributed by atoms with Crippen LogP contribution in [-0.2, 0) is 4.74 Å². The van der Waals surface area contributed by atoms with Crippen LogP contribution < -0.4 is 0 Å². The topological polar surface area (TPSA) is 9.23 Å². The van der Waals surface area contributed by atoms with Crippen LogP contribution in [-0.4, -0.2) is 6.10 Å². The van der Waals surface area contributed by atoms with Gasteiger partial charge in [-0.05, 0) is 32.3 Å². The Balaban J connectivity index is 2.24. The molecule has 1 nitrogen and oxygen atoms in total. The Morgan fingerprint density at radius 2 is 1.94 bits per heavy atom. The summed E-state index contributed by atoms with van der Waals surface area (Å²) in [5.41, 5.74) is 2.52. The van der Waals surface area contributed by atoms with E-state index in [1.165, 1.54) is 17.6 Å². The van der Waals surface area contributed by atoms with E-state index in [4.69, 9.17) is 4.74 Å². The van der Waals surface area contributed by atoms with E-state index in [-0.39, 0.29) is 6.10 Å². The molecule has 1 aromatic carbocycles. The second kappa shape index (κ2) is 4.84. The van der Waals surface area contributed by atoms with Gasteiger partial charge in [-0.15, -0.1) is 0 Å². The molecule has 1 fully saturated rings. The van der Waals surface area contributed by atoms with Crippen LogP contribution in [0.1, 0.15) is 38.4 Å². The third-order valence-corrected chi connectivity index (χ3v) is 3.39. The molecule has 0 amide bonds. The van der Waals surface area contributed by atoms with Gasteiger partial charge in [0.05, 0.1) is 12.2 Å². The number of hydrogen-bond donors (Lipinski definition) is 0. The summed E-state index contributed by atoms with van der Waals surface area (Å²) in [4.78, 5) is 0. The largest absolute Gasteiger partial charge is 0.370 e. The lowest BCUT2D eigenvalue weighted by molar-refractivity contribution is -0.0672. The molecule has 0 saturated carbocycles. The lowest BCUT2D eigenvalue weighted by Crippen LogP contribution is -2.28. The molecular weight excluding hydrogens is 196 g/mol. The molecule has 0 unspecified atom stereocenters. The molecule has 1 aromatic rings. The van der Waals surface area contributed by atoms with E-state index in [1.807, 2.05) is 6.07 Å². The quantitative estimate of drug-likeness (QED) is 0.676. The predicted octanol–water partition coefficient (Wildman–Crippen LogP) is 4.12. The van der Waals surface area contributed by atoms with Crippen molar-refractivity contribution in [2.24, 2.45) is 5.92 Å². The Bertz CT molecular complexity index is 355. The fourth-order valence-corrected chi connectivity index (χ4v) is 2.44. The van der Waals surface area contributed by atoms with E-state index in [9.17, 15) is 0 Å². The van der Waals surface area contributed by atoms with Crippen molar-refractivity contribution in [2.75, 3.05) is 0 Å². The Labute approximate surface area is 98.1 Å². The van der Waals surface area contributed by atoms with Crippen molar-refractivity contribution in [3.8, 4) is 0 Å². The molecular formula is C15H20O. The highest BCUT2D eigenvalue weighted by molar-refractivity contribution is 5.21. The average Bonchev–Trinajstić information content (AvgIpc) is 2.29. The number of benzene rings is 1. The molecule has 0 aromatic heterocycles. The second-order valence-electron chi connectivity index (χ2n) is 4.81. The molecule has 2 rings (SSSR count). The highest BCUT2D eigenvalue weighted by Gasteiger charge is 2.30. The van der Waals surface area contributed by atoms with Gasteiger partial charge in [-0.25, -0.2) is 0 Å². The van der Waals surface area contributed by atoms with Gasteiger partial charge in [0, 0.05) is 5.92 Å². The zero-order valence-corrected chi connectivity index (χ0v) is 10.1. The zero-order valence-electron chi connectivity index (χ0n) is 10.1. The van der Waals surface area contributed by atoms with E-state index in [1.54, 1.807) is 0 Å². The first-order valence-electron chi connectivity index (χ1n) is 6.04. The molecule has 16 heavy (non-hydrogen) atoms. The third kappa shape index (κ3) is 2.35. The molecule has 3 atom stereocenters. The van der Waals surface area contributed by atoms with Crippen LogP contribution in [0.2, 0.25) is 0 Å². The molecule has 86 valence electrons. The van der Waals surface area contributed by atoms with E-state index in [0.29, 0.717) is 12.0 Å². The molecule has 1 aliphatic heterocycles. The Hall–Kier alpha value is -1.08. The van der Waals surface area contributed by atoms with Crippen molar-refractivity contribution < 1.29 is 4.74 Å². The van der Waals surface area contributed by atoms with E-state index >= 15 is 0 Å². The van der Waals surface area contributed by atoms with Crippen LogP contribution >= 0.6 is 0 Å². The fraction of sp³-hybridized carbons (Fsp3) is 0.467. The smallest absolute Gasteiger partial charge is 0.0893 e. The molecule has 1 heterocycles. The first-order chi connectivity index (χ1) is 7.68. The first kappa shape index (κ1) is 11.4.